The zero-order valence-electron chi connectivity index (χ0n) is 19.4. The summed E-state index contributed by atoms with van der Waals surface area (Å²) >= 11 is 0. The third kappa shape index (κ3) is 4.89. The molecule has 0 saturated heterocycles. The van der Waals surface area contributed by atoms with Gasteiger partial charge < -0.3 is 7.27 Å². The van der Waals surface area contributed by atoms with Crippen molar-refractivity contribution in [1.29, 1.82) is 0 Å². The molecule has 0 saturated carbocycles. The first-order chi connectivity index (χ1) is 14.6. The van der Waals surface area contributed by atoms with E-state index in [0.717, 1.165) is 23.6 Å². The first-order valence-electron chi connectivity index (χ1n) is 8.80. The number of oxazole rings is 1. The fraction of sp³-hybridized carbons (Fsp3) is 0. The second-order valence-corrected chi connectivity index (χ2v) is 9.61. The Hall–Kier alpha value is -1.38. The Kier molecular flexibility index (Phi) is 7.43. The Morgan fingerprint density at radius 1 is 0.788 bits per heavy atom. The van der Waals surface area contributed by atoms with E-state index in [-0.39, 0.29) is 84.3 Å². The maximum Gasteiger partial charge on any atom is 1.00 e. The van der Waals surface area contributed by atoms with E-state index >= 15 is 0 Å². The molecule has 0 atom stereocenters. The van der Waals surface area contributed by atoms with Crippen LogP contribution in [0.5, 0.6) is 0 Å². The van der Waals surface area contributed by atoms with E-state index in [0.29, 0.717) is 16.6 Å². The van der Waals surface area contributed by atoms with Crippen LogP contribution in [0.4, 0.5) is 0 Å². The molecule has 0 aliphatic carbocycles. The van der Waals surface area contributed by atoms with E-state index in [4.69, 9.17) is 4.42 Å². The maximum absolute atomic E-state index is 12.0. The zero-order chi connectivity index (χ0) is 22.0. The number of fused-ring (bicyclic) bond motifs is 4. The van der Waals surface area contributed by atoms with E-state index in [1.165, 1.54) is 6.07 Å². The Balaban J connectivity index is 0.00000153. The molecule has 0 bridgehead atoms. The largest absolute Gasteiger partial charge is 1.00 e. The third-order valence-corrected chi connectivity index (χ3v) is 6.52. The number of hydrogen-bond acceptors (Lipinski definition) is 7. The van der Waals surface area contributed by atoms with Gasteiger partial charge >= 0.3 is 59.1 Å². The average Bonchev–Trinajstić information content (AvgIpc) is 3.16. The summed E-state index contributed by atoms with van der Waals surface area (Å²) in [5.41, 5.74) is 0.926. The van der Waals surface area contributed by atoms with Crippen LogP contribution in [-0.4, -0.2) is 35.9 Å². The van der Waals surface area contributed by atoms with Gasteiger partial charge in [0.25, 0.3) is 20.2 Å². The van der Waals surface area contributed by atoms with Gasteiger partial charge in [0, 0.05) is 10.8 Å². The molecule has 2 heterocycles. The molecule has 9 nitrogen and oxygen atoms in total. The predicted molar refractivity (Wildman–Crippen MR) is 114 cm³/mol. The van der Waals surface area contributed by atoms with Crippen molar-refractivity contribution in [2.45, 2.75) is 9.79 Å². The van der Waals surface area contributed by atoms with Crippen LogP contribution in [0.25, 0.3) is 44.4 Å². The summed E-state index contributed by atoms with van der Waals surface area (Å²) in [7, 11) is -9.26. The van der Waals surface area contributed by atoms with Crippen LogP contribution in [0.15, 0.2) is 74.9 Å². The summed E-state index contributed by atoms with van der Waals surface area (Å²) in [5.74, 6) is 0.0250. The summed E-state index contributed by atoms with van der Waals surface area (Å²) in [6, 6.07) is 15.5. The summed E-state index contributed by atoms with van der Waals surface area (Å²) < 4.78 is 71.6. The van der Waals surface area contributed by atoms with Crippen molar-refractivity contribution in [1.82, 2.24) is 9.97 Å². The second-order valence-electron chi connectivity index (χ2n) is 6.79. The summed E-state index contributed by atoms with van der Waals surface area (Å²) in [4.78, 5) is 7.83. The fourth-order valence-corrected chi connectivity index (χ4v) is 4.56. The normalized spacial score (nSPS) is 11.9. The van der Waals surface area contributed by atoms with E-state index in [1.54, 1.807) is 12.1 Å². The number of para-hydroxylation sites is 1. The minimum absolute atomic E-state index is 0. The number of hydrogen-bond donors (Lipinski definition) is 2. The van der Waals surface area contributed by atoms with E-state index < -0.39 is 30.0 Å². The van der Waals surface area contributed by atoms with Gasteiger partial charge in [0.1, 0.15) is 16.1 Å². The van der Waals surface area contributed by atoms with Gasteiger partial charge in [-0.25, -0.2) is 9.97 Å². The summed E-state index contributed by atoms with van der Waals surface area (Å²) in [6.07, 6.45) is 0. The van der Waals surface area contributed by atoms with Gasteiger partial charge in [0.05, 0.1) is 10.4 Å². The Morgan fingerprint density at radius 3 is 2.21 bits per heavy atom. The number of rotatable bonds is 3. The monoisotopic (exact) mass is 504 g/mol. The molecule has 160 valence electrons. The Bertz CT molecular complexity index is 1760. The van der Waals surface area contributed by atoms with Crippen molar-refractivity contribution in [3.05, 3.63) is 60.7 Å². The van der Waals surface area contributed by atoms with Crippen LogP contribution >= 0.6 is 0 Å². The van der Waals surface area contributed by atoms with Gasteiger partial charge in [-0.2, -0.15) is 16.8 Å². The van der Waals surface area contributed by atoms with E-state index in [1.807, 2.05) is 24.3 Å². The first kappa shape index (κ1) is 26.2. The minimum atomic E-state index is -4.74. The quantitative estimate of drug-likeness (QED) is 0.209. The molecular weight excluding hydrogens is 490 g/mol. The molecule has 0 spiro atoms. The van der Waals surface area contributed by atoms with Crippen LogP contribution in [0.2, 0.25) is 0 Å². The molecule has 2 N–H and O–H groups in total. The van der Waals surface area contributed by atoms with Crippen molar-refractivity contribution in [2.24, 2.45) is 0 Å². The molecule has 2 aromatic heterocycles. The molecule has 0 fully saturated rings. The topological polar surface area (TPSA) is 148 Å². The third-order valence-electron chi connectivity index (χ3n) is 4.81. The van der Waals surface area contributed by atoms with Crippen molar-refractivity contribution < 1.29 is 92.3 Å². The van der Waals surface area contributed by atoms with Gasteiger partial charge in [0.15, 0.2) is 5.58 Å². The van der Waals surface area contributed by atoms with Crippen LogP contribution in [-0.2, 0) is 20.2 Å². The predicted octanol–water partition coefficient (Wildman–Crippen LogP) is -2.08. The number of benzene rings is 3. The molecule has 0 aliphatic rings. The van der Waals surface area contributed by atoms with Crippen molar-refractivity contribution in [2.75, 3.05) is 0 Å². The standard InChI is InChI=1S/C20H12N2O7S2.2Na.2H/c23-30(24,25)13-6-7-14-12(9-13)10-17(31(26,27)28)19-18(14)22-20(29-19)16-8-5-11-3-1-2-4-15(11)21-16;;;;/h1-10H,(H,23,24,25)(H,26,27,28);;;;/q;2*+1;2*-1. The maximum atomic E-state index is 12.0. The fourth-order valence-electron chi connectivity index (χ4n) is 3.40. The molecular formula is C20H14N2Na2O7S2. The Morgan fingerprint density at radius 2 is 1.52 bits per heavy atom. The second kappa shape index (κ2) is 9.34. The SMILES string of the molecule is O=S(=O)(O)c1ccc2c(c1)cc(S(=O)(=O)O)c1oc(-c3ccc4ccccc4n3)nc12.[H-].[H-].[Na+].[Na+]. The molecule has 5 rings (SSSR count). The van der Waals surface area contributed by atoms with Crippen LogP contribution < -0.4 is 59.1 Å². The molecule has 5 aromatic rings. The van der Waals surface area contributed by atoms with E-state index in [9.17, 15) is 25.9 Å². The van der Waals surface area contributed by atoms with Crippen LogP contribution in [0.1, 0.15) is 2.85 Å². The molecule has 0 amide bonds. The number of pyridine rings is 1. The molecule has 33 heavy (non-hydrogen) atoms. The average molecular weight is 504 g/mol. The number of aromatic nitrogens is 2. The van der Waals surface area contributed by atoms with Crippen molar-refractivity contribution in [3.63, 3.8) is 0 Å². The van der Waals surface area contributed by atoms with Gasteiger partial charge in [0.2, 0.25) is 5.89 Å². The Labute approximate surface area is 235 Å². The molecule has 13 heteroatoms. The van der Waals surface area contributed by atoms with Gasteiger partial charge in [-0.15, -0.1) is 0 Å². The smallest absolute Gasteiger partial charge is 1.00 e. The van der Waals surface area contributed by atoms with Crippen LogP contribution in [0.3, 0.4) is 0 Å². The van der Waals surface area contributed by atoms with Crippen LogP contribution in [0, 0.1) is 0 Å². The van der Waals surface area contributed by atoms with Gasteiger partial charge in [-0.05, 0) is 35.7 Å². The molecule has 3 aromatic carbocycles. The number of nitrogens with zero attached hydrogens (tertiary/aromatic N) is 2. The molecule has 0 unspecified atom stereocenters. The zero-order valence-corrected chi connectivity index (χ0v) is 23.1. The van der Waals surface area contributed by atoms with Gasteiger partial charge in [-0.3, -0.25) is 9.11 Å². The van der Waals surface area contributed by atoms with Gasteiger partial charge in [-0.1, -0.05) is 30.3 Å². The summed E-state index contributed by atoms with van der Waals surface area (Å²) in [5, 5.41) is 1.39. The summed E-state index contributed by atoms with van der Waals surface area (Å²) in [6.45, 7) is 0. The van der Waals surface area contributed by atoms with Crippen molar-refractivity contribution in [3.8, 4) is 11.6 Å². The van der Waals surface area contributed by atoms with E-state index in [2.05, 4.69) is 9.97 Å². The first-order valence-corrected chi connectivity index (χ1v) is 11.7. The molecule has 0 radical (unpaired) electrons. The minimum Gasteiger partial charge on any atom is -1.00 e. The molecule has 0 aliphatic heterocycles. The van der Waals surface area contributed by atoms with Crippen molar-refractivity contribution >= 4 is 53.0 Å².